The number of nitrogens with one attached hydrogen (secondary N) is 1. The number of hydrogen-bond donors (Lipinski definition) is 2. The number of aliphatic carboxylic acids is 1. The maximum absolute atomic E-state index is 13.1. The number of aromatic amines is 1. The number of carboxylic acids is 1. The first kappa shape index (κ1) is 17.8. The smallest absolute Gasteiger partial charge is 0.417 e. The molecule has 0 fully saturated rings. The van der Waals surface area contributed by atoms with E-state index in [-0.39, 0.29) is 23.4 Å². The summed E-state index contributed by atoms with van der Waals surface area (Å²) in [6, 6.07) is 7.81. The normalized spacial score (nSPS) is 12.8. The second-order valence-electron chi connectivity index (χ2n) is 5.40. The topological polar surface area (TPSA) is 70.2 Å². The van der Waals surface area contributed by atoms with Crippen LogP contribution >= 0.6 is 0 Å². The van der Waals surface area contributed by atoms with Crippen LogP contribution < -0.4 is 0 Å². The van der Waals surface area contributed by atoms with Crippen molar-refractivity contribution >= 4 is 11.8 Å². The van der Waals surface area contributed by atoms with Crippen molar-refractivity contribution in [3.05, 3.63) is 47.7 Å². The van der Waals surface area contributed by atoms with Gasteiger partial charge in [-0.3, -0.25) is 9.59 Å². The second kappa shape index (κ2) is 6.90. The van der Waals surface area contributed by atoms with Crippen LogP contribution in [0.1, 0.15) is 35.8 Å². The lowest BCUT2D eigenvalue weighted by Crippen LogP contribution is -2.17. The molecule has 2 N–H and O–H groups in total. The molecule has 2 rings (SSSR count). The molecule has 4 nitrogen and oxygen atoms in total. The molecule has 1 unspecified atom stereocenters. The van der Waals surface area contributed by atoms with Crippen LogP contribution in [0.4, 0.5) is 13.2 Å². The maximum atomic E-state index is 13.1. The van der Waals surface area contributed by atoms with Gasteiger partial charge in [0.2, 0.25) is 0 Å². The number of halogens is 3. The van der Waals surface area contributed by atoms with Crippen LogP contribution in [0.25, 0.3) is 11.3 Å². The Kier molecular flexibility index (Phi) is 5.11. The number of benzene rings is 1. The Morgan fingerprint density at radius 1 is 1.17 bits per heavy atom. The number of carboxylic acid groups (broad SMARTS) is 1. The zero-order chi connectivity index (χ0) is 17.9. The summed E-state index contributed by atoms with van der Waals surface area (Å²) >= 11 is 0. The van der Waals surface area contributed by atoms with Crippen LogP contribution in [0.2, 0.25) is 0 Å². The molecule has 7 heteroatoms. The molecule has 0 amide bonds. The van der Waals surface area contributed by atoms with Gasteiger partial charge in [0.05, 0.1) is 17.2 Å². The van der Waals surface area contributed by atoms with Crippen molar-refractivity contribution in [1.82, 2.24) is 4.98 Å². The molecular weight excluding hydrogens is 323 g/mol. The summed E-state index contributed by atoms with van der Waals surface area (Å²) < 4.78 is 39.2. The first-order valence-electron chi connectivity index (χ1n) is 7.35. The van der Waals surface area contributed by atoms with E-state index in [4.69, 9.17) is 5.11 Å². The highest BCUT2D eigenvalue weighted by atomic mass is 19.4. The molecule has 128 valence electrons. The van der Waals surface area contributed by atoms with Gasteiger partial charge in [0.25, 0.3) is 0 Å². The van der Waals surface area contributed by atoms with Crippen molar-refractivity contribution in [2.45, 2.75) is 25.9 Å². The van der Waals surface area contributed by atoms with E-state index in [0.29, 0.717) is 6.42 Å². The number of aromatic nitrogens is 1. The molecule has 0 radical (unpaired) electrons. The molecule has 0 aliphatic heterocycles. The highest BCUT2D eigenvalue weighted by Gasteiger charge is 2.33. The number of H-pyrrole nitrogens is 1. The molecule has 1 heterocycles. The number of carbonyl (C=O) groups is 2. The Bertz CT molecular complexity index is 750. The van der Waals surface area contributed by atoms with E-state index in [1.54, 1.807) is 6.92 Å². The third-order valence-electron chi connectivity index (χ3n) is 3.78. The number of Topliss-reactive ketones (excluding diaryl/α,β-unsaturated/α-hetero) is 1. The summed E-state index contributed by atoms with van der Waals surface area (Å²) in [7, 11) is 0. The van der Waals surface area contributed by atoms with Crippen LogP contribution in [0, 0.1) is 5.92 Å². The van der Waals surface area contributed by atoms with Gasteiger partial charge in [-0.2, -0.15) is 13.2 Å². The van der Waals surface area contributed by atoms with E-state index < -0.39 is 29.4 Å². The quantitative estimate of drug-likeness (QED) is 0.767. The Hall–Kier alpha value is -2.57. The van der Waals surface area contributed by atoms with Crippen molar-refractivity contribution in [2.24, 2.45) is 5.92 Å². The second-order valence-corrected chi connectivity index (χ2v) is 5.40. The predicted octanol–water partition coefficient (Wildman–Crippen LogP) is 4.38. The Labute approximate surface area is 136 Å². The van der Waals surface area contributed by atoms with Crippen LogP contribution in [0.5, 0.6) is 0 Å². The lowest BCUT2D eigenvalue weighted by molar-refractivity contribution is -0.141. The molecule has 0 spiro atoms. The Balaban J connectivity index is 2.29. The number of carbonyl (C=O) groups excluding carboxylic acids is 1. The van der Waals surface area contributed by atoms with E-state index in [2.05, 4.69) is 4.98 Å². The molecule has 2 aromatic rings. The molecule has 0 saturated carbocycles. The highest BCUT2D eigenvalue weighted by molar-refractivity contribution is 5.97. The van der Waals surface area contributed by atoms with Gasteiger partial charge >= 0.3 is 12.1 Å². The minimum absolute atomic E-state index is 0.0608. The lowest BCUT2D eigenvalue weighted by Gasteiger charge is -2.11. The van der Waals surface area contributed by atoms with Crippen molar-refractivity contribution in [2.75, 3.05) is 0 Å². The predicted molar refractivity (Wildman–Crippen MR) is 81.6 cm³/mol. The summed E-state index contributed by atoms with van der Waals surface area (Å²) in [5, 5.41) is 8.99. The Morgan fingerprint density at radius 2 is 1.83 bits per heavy atom. The fourth-order valence-electron chi connectivity index (χ4n) is 2.42. The first-order chi connectivity index (χ1) is 11.2. The van der Waals surface area contributed by atoms with Crippen molar-refractivity contribution in [3.8, 4) is 11.3 Å². The third kappa shape index (κ3) is 3.84. The van der Waals surface area contributed by atoms with Gasteiger partial charge < -0.3 is 10.1 Å². The largest absolute Gasteiger partial charge is 0.481 e. The summed E-state index contributed by atoms with van der Waals surface area (Å²) in [4.78, 5) is 25.8. The van der Waals surface area contributed by atoms with Gasteiger partial charge in [-0.05, 0) is 24.6 Å². The molecule has 0 aliphatic carbocycles. The van der Waals surface area contributed by atoms with Gasteiger partial charge in [0.15, 0.2) is 5.78 Å². The van der Waals surface area contributed by atoms with Crippen LogP contribution in [-0.4, -0.2) is 21.8 Å². The van der Waals surface area contributed by atoms with Crippen LogP contribution in [0.3, 0.4) is 0 Å². The SMILES string of the molecule is CCC(CC(=O)c1ccc(-c2ccccc2C(F)(F)F)[nH]1)C(=O)O. The fourth-order valence-corrected chi connectivity index (χ4v) is 2.42. The van der Waals surface area contributed by atoms with Gasteiger partial charge in [0.1, 0.15) is 0 Å². The Morgan fingerprint density at radius 3 is 2.42 bits per heavy atom. The van der Waals surface area contributed by atoms with E-state index >= 15 is 0 Å². The molecule has 1 aromatic heterocycles. The van der Waals surface area contributed by atoms with Gasteiger partial charge in [-0.15, -0.1) is 0 Å². The highest BCUT2D eigenvalue weighted by Crippen LogP contribution is 2.36. The molecular formula is C17H16F3NO3. The standard InChI is InChI=1S/C17H16F3NO3/c1-2-10(16(23)24)9-15(22)14-8-7-13(21-14)11-5-3-4-6-12(11)17(18,19)20/h3-8,10,21H,2,9H2,1H3,(H,23,24). The van der Waals surface area contributed by atoms with E-state index in [1.807, 2.05) is 0 Å². The maximum Gasteiger partial charge on any atom is 0.417 e. The van der Waals surface area contributed by atoms with Crippen molar-refractivity contribution in [1.29, 1.82) is 0 Å². The van der Waals surface area contributed by atoms with Crippen LogP contribution in [0.15, 0.2) is 36.4 Å². The number of rotatable bonds is 6. The summed E-state index contributed by atoms with van der Waals surface area (Å²) in [5.41, 5.74) is -0.603. The van der Waals surface area contributed by atoms with Gasteiger partial charge in [0, 0.05) is 17.7 Å². The first-order valence-corrected chi connectivity index (χ1v) is 7.35. The third-order valence-corrected chi connectivity index (χ3v) is 3.78. The number of alkyl halides is 3. The molecule has 0 bridgehead atoms. The van der Waals surface area contributed by atoms with Gasteiger partial charge in [-0.1, -0.05) is 25.1 Å². The monoisotopic (exact) mass is 339 g/mol. The summed E-state index contributed by atoms with van der Waals surface area (Å²) in [6.07, 6.45) is -4.42. The number of hydrogen-bond acceptors (Lipinski definition) is 2. The minimum Gasteiger partial charge on any atom is -0.481 e. The summed E-state index contributed by atoms with van der Waals surface area (Å²) in [5.74, 6) is -2.33. The van der Waals surface area contributed by atoms with E-state index in [1.165, 1.54) is 30.3 Å². The molecule has 1 aromatic carbocycles. The number of ketones is 1. The van der Waals surface area contributed by atoms with E-state index in [9.17, 15) is 22.8 Å². The zero-order valence-corrected chi connectivity index (χ0v) is 12.9. The average molecular weight is 339 g/mol. The van der Waals surface area contributed by atoms with Crippen molar-refractivity contribution < 1.29 is 27.9 Å². The van der Waals surface area contributed by atoms with E-state index in [0.717, 1.165) is 6.07 Å². The molecule has 0 aliphatic rings. The minimum atomic E-state index is -4.51. The lowest BCUT2D eigenvalue weighted by atomic mass is 9.99. The zero-order valence-electron chi connectivity index (χ0n) is 12.9. The van der Waals surface area contributed by atoms with Gasteiger partial charge in [-0.25, -0.2) is 0 Å². The fraction of sp³-hybridized carbons (Fsp3) is 0.294. The molecule has 24 heavy (non-hydrogen) atoms. The molecule has 1 atom stereocenters. The average Bonchev–Trinajstić information content (AvgIpc) is 3.01. The molecule has 0 saturated heterocycles. The summed E-state index contributed by atoms with van der Waals surface area (Å²) in [6.45, 7) is 1.66. The van der Waals surface area contributed by atoms with Crippen molar-refractivity contribution in [3.63, 3.8) is 0 Å². The van der Waals surface area contributed by atoms with Crippen LogP contribution in [-0.2, 0) is 11.0 Å².